The van der Waals surface area contributed by atoms with Crippen molar-refractivity contribution in [3.8, 4) is 0 Å². The molecule has 0 aliphatic carbocycles. The number of nitrogens with one attached hydrogen (secondary N) is 1. The molecule has 0 radical (unpaired) electrons. The first kappa shape index (κ1) is 18.3. The Morgan fingerprint density at radius 1 is 1.11 bits per heavy atom. The normalized spacial score (nSPS) is 26.1. The highest BCUT2D eigenvalue weighted by Crippen LogP contribution is 2.22. The number of carbonyl (C=O) groups excluding carboxylic acids is 2. The molecule has 27 heavy (non-hydrogen) atoms. The molecule has 3 aliphatic heterocycles. The van der Waals surface area contributed by atoms with Crippen LogP contribution in [-0.4, -0.2) is 73.0 Å². The summed E-state index contributed by atoms with van der Waals surface area (Å²) in [5.74, 6) is 0.215. The second kappa shape index (κ2) is 7.89. The molecule has 0 aromatic heterocycles. The Morgan fingerprint density at radius 2 is 1.93 bits per heavy atom. The van der Waals surface area contributed by atoms with Gasteiger partial charge in [-0.2, -0.15) is 0 Å². The SMILES string of the molecule is Cc1ccccc1N1CCCN(C(=O)CN2CC3CCC(CC2=O)N3)CC1. The Bertz CT molecular complexity index is 707. The minimum absolute atomic E-state index is 0.0905. The molecule has 2 unspecified atom stereocenters. The lowest BCUT2D eigenvalue weighted by atomic mass is 10.1. The first-order valence-corrected chi connectivity index (χ1v) is 10.2. The van der Waals surface area contributed by atoms with Crippen LogP contribution in [0.2, 0.25) is 0 Å². The van der Waals surface area contributed by atoms with Gasteiger partial charge in [0.05, 0.1) is 6.54 Å². The van der Waals surface area contributed by atoms with Crippen LogP contribution in [0.4, 0.5) is 5.69 Å². The summed E-state index contributed by atoms with van der Waals surface area (Å²) in [5, 5.41) is 3.51. The van der Waals surface area contributed by atoms with Crippen LogP contribution in [0.25, 0.3) is 0 Å². The molecule has 146 valence electrons. The molecule has 3 saturated heterocycles. The van der Waals surface area contributed by atoms with Crippen molar-refractivity contribution in [2.75, 3.05) is 44.2 Å². The molecule has 3 heterocycles. The average molecular weight is 370 g/mol. The lowest BCUT2D eigenvalue weighted by Gasteiger charge is -2.28. The fourth-order valence-corrected chi connectivity index (χ4v) is 4.66. The van der Waals surface area contributed by atoms with Crippen LogP contribution in [0.5, 0.6) is 0 Å². The Kier molecular flexibility index (Phi) is 5.34. The van der Waals surface area contributed by atoms with E-state index in [2.05, 4.69) is 41.4 Å². The minimum atomic E-state index is 0.0905. The van der Waals surface area contributed by atoms with Gasteiger partial charge in [-0.05, 0) is 37.8 Å². The summed E-state index contributed by atoms with van der Waals surface area (Å²) < 4.78 is 0. The molecule has 2 atom stereocenters. The third-order valence-corrected chi connectivity index (χ3v) is 6.18. The number of hydrogen-bond acceptors (Lipinski definition) is 4. The zero-order chi connectivity index (χ0) is 18.8. The predicted molar refractivity (Wildman–Crippen MR) is 106 cm³/mol. The van der Waals surface area contributed by atoms with E-state index >= 15 is 0 Å². The molecule has 6 nitrogen and oxygen atoms in total. The van der Waals surface area contributed by atoms with E-state index in [1.165, 1.54) is 11.3 Å². The second-order valence-electron chi connectivity index (χ2n) is 8.12. The lowest BCUT2D eigenvalue weighted by Crippen LogP contribution is -2.46. The van der Waals surface area contributed by atoms with E-state index in [4.69, 9.17) is 0 Å². The highest BCUT2D eigenvalue weighted by Gasteiger charge is 2.34. The molecule has 1 aromatic rings. The highest BCUT2D eigenvalue weighted by molar-refractivity contribution is 5.85. The molecule has 2 bridgehead atoms. The molecule has 0 spiro atoms. The van der Waals surface area contributed by atoms with Gasteiger partial charge in [-0.3, -0.25) is 9.59 Å². The average Bonchev–Trinajstić information content (AvgIpc) is 2.86. The van der Waals surface area contributed by atoms with Crippen LogP contribution in [0.3, 0.4) is 0 Å². The molecule has 3 aliphatic rings. The summed E-state index contributed by atoms with van der Waals surface area (Å²) in [4.78, 5) is 31.5. The number of amides is 2. The van der Waals surface area contributed by atoms with Crippen LogP contribution in [-0.2, 0) is 9.59 Å². The predicted octanol–water partition coefficient (Wildman–Crippen LogP) is 1.39. The van der Waals surface area contributed by atoms with Gasteiger partial charge >= 0.3 is 0 Å². The number of likely N-dealkylation sites (tertiary alicyclic amines) is 1. The third kappa shape index (κ3) is 4.10. The maximum absolute atomic E-state index is 12.9. The Labute approximate surface area is 161 Å². The molecule has 2 amide bonds. The first-order chi connectivity index (χ1) is 13.1. The van der Waals surface area contributed by atoms with Gasteiger partial charge in [0, 0.05) is 56.9 Å². The van der Waals surface area contributed by atoms with Gasteiger partial charge < -0.3 is 20.0 Å². The van der Waals surface area contributed by atoms with Crippen LogP contribution >= 0.6 is 0 Å². The number of aryl methyl sites for hydroxylation is 1. The van der Waals surface area contributed by atoms with E-state index in [0.29, 0.717) is 25.0 Å². The molecule has 1 aromatic carbocycles. The standard InChI is InChI=1S/C21H30N4O2/c1-16-5-2-3-6-19(16)23-9-4-10-24(12-11-23)21(27)15-25-14-18-8-7-17(22-18)13-20(25)26/h2-3,5-6,17-18,22H,4,7-15H2,1H3. The van der Waals surface area contributed by atoms with Crippen molar-refractivity contribution < 1.29 is 9.59 Å². The van der Waals surface area contributed by atoms with Crippen molar-refractivity contribution >= 4 is 17.5 Å². The number of anilines is 1. The Hall–Kier alpha value is -2.08. The van der Waals surface area contributed by atoms with Gasteiger partial charge in [0.2, 0.25) is 11.8 Å². The van der Waals surface area contributed by atoms with Crippen LogP contribution in [0.15, 0.2) is 24.3 Å². The molecule has 3 fully saturated rings. The zero-order valence-corrected chi connectivity index (χ0v) is 16.2. The molecule has 0 saturated carbocycles. The summed E-state index contributed by atoms with van der Waals surface area (Å²) in [5.41, 5.74) is 2.53. The smallest absolute Gasteiger partial charge is 0.242 e. The first-order valence-electron chi connectivity index (χ1n) is 10.2. The van der Waals surface area contributed by atoms with E-state index < -0.39 is 0 Å². The van der Waals surface area contributed by atoms with Crippen LogP contribution in [0.1, 0.15) is 31.2 Å². The van der Waals surface area contributed by atoms with E-state index in [0.717, 1.165) is 45.4 Å². The fourth-order valence-electron chi connectivity index (χ4n) is 4.66. The van der Waals surface area contributed by atoms with Gasteiger partial charge in [-0.15, -0.1) is 0 Å². The maximum Gasteiger partial charge on any atom is 0.242 e. The van der Waals surface area contributed by atoms with Gasteiger partial charge in [0.15, 0.2) is 0 Å². The van der Waals surface area contributed by atoms with E-state index in [1.54, 1.807) is 4.90 Å². The number of nitrogens with zero attached hydrogens (tertiary/aromatic N) is 3. The number of hydrogen-bond donors (Lipinski definition) is 1. The van der Waals surface area contributed by atoms with Crippen molar-refractivity contribution in [2.45, 2.75) is 44.7 Å². The Morgan fingerprint density at radius 3 is 2.78 bits per heavy atom. The van der Waals surface area contributed by atoms with Gasteiger partial charge in [0.1, 0.15) is 0 Å². The van der Waals surface area contributed by atoms with Gasteiger partial charge in [0.25, 0.3) is 0 Å². The number of carbonyl (C=O) groups is 2. The summed E-state index contributed by atoms with van der Waals surface area (Å²) in [6.07, 6.45) is 3.68. The van der Waals surface area contributed by atoms with E-state index in [-0.39, 0.29) is 18.4 Å². The van der Waals surface area contributed by atoms with Crippen molar-refractivity contribution in [2.24, 2.45) is 0 Å². The van der Waals surface area contributed by atoms with Crippen molar-refractivity contribution in [1.82, 2.24) is 15.1 Å². The quantitative estimate of drug-likeness (QED) is 0.874. The number of rotatable bonds is 3. The van der Waals surface area contributed by atoms with Crippen LogP contribution < -0.4 is 10.2 Å². The van der Waals surface area contributed by atoms with Gasteiger partial charge in [-0.25, -0.2) is 0 Å². The zero-order valence-electron chi connectivity index (χ0n) is 16.2. The largest absolute Gasteiger partial charge is 0.369 e. The lowest BCUT2D eigenvalue weighted by molar-refractivity contribution is -0.140. The van der Waals surface area contributed by atoms with Gasteiger partial charge in [-0.1, -0.05) is 18.2 Å². The van der Waals surface area contributed by atoms with Crippen LogP contribution in [0, 0.1) is 6.92 Å². The van der Waals surface area contributed by atoms with Crippen molar-refractivity contribution in [1.29, 1.82) is 0 Å². The number of fused-ring (bicyclic) bond motifs is 2. The summed E-state index contributed by atoms with van der Waals surface area (Å²) >= 11 is 0. The fraction of sp³-hybridized carbons (Fsp3) is 0.619. The molecular weight excluding hydrogens is 340 g/mol. The highest BCUT2D eigenvalue weighted by atomic mass is 16.2. The third-order valence-electron chi connectivity index (χ3n) is 6.18. The van der Waals surface area contributed by atoms with E-state index in [1.807, 2.05) is 4.90 Å². The Balaban J connectivity index is 1.35. The maximum atomic E-state index is 12.9. The summed E-state index contributed by atoms with van der Waals surface area (Å²) in [6.45, 7) is 6.34. The molecule has 6 heteroatoms. The number of para-hydroxylation sites is 1. The van der Waals surface area contributed by atoms with Crippen molar-refractivity contribution in [3.05, 3.63) is 29.8 Å². The summed E-state index contributed by atoms with van der Waals surface area (Å²) in [7, 11) is 0. The topological polar surface area (TPSA) is 55.9 Å². The molecular formula is C21H30N4O2. The molecule has 1 N–H and O–H groups in total. The molecule has 4 rings (SSSR count). The van der Waals surface area contributed by atoms with E-state index in [9.17, 15) is 9.59 Å². The monoisotopic (exact) mass is 370 g/mol. The summed E-state index contributed by atoms with van der Waals surface area (Å²) in [6, 6.07) is 9.09. The van der Waals surface area contributed by atoms with Crippen molar-refractivity contribution in [3.63, 3.8) is 0 Å². The second-order valence-corrected chi connectivity index (χ2v) is 8.12. The number of benzene rings is 1. The minimum Gasteiger partial charge on any atom is -0.369 e.